The van der Waals surface area contributed by atoms with E-state index in [9.17, 15) is 18.0 Å². The second-order valence-corrected chi connectivity index (χ2v) is 11.1. The number of amides is 2. The zero-order valence-electron chi connectivity index (χ0n) is 22.2. The third-order valence-corrected chi connectivity index (χ3v) is 7.90. The molecule has 0 saturated carbocycles. The van der Waals surface area contributed by atoms with Crippen molar-refractivity contribution in [1.29, 1.82) is 0 Å². The molecule has 1 aliphatic rings. The molecule has 4 rings (SSSR count). The third kappa shape index (κ3) is 8.14. The summed E-state index contributed by atoms with van der Waals surface area (Å²) >= 11 is 0. The lowest BCUT2D eigenvalue weighted by Gasteiger charge is -2.24. The molecule has 0 radical (unpaired) electrons. The molecule has 1 saturated heterocycles. The van der Waals surface area contributed by atoms with Crippen LogP contribution in [0.4, 0.5) is 5.69 Å². The molecule has 40 heavy (non-hydrogen) atoms. The summed E-state index contributed by atoms with van der Waals surface area (Å²) in [5, 5.41) is 6.76. The molecular formula is C29H32N4O6S. The van der Waals surface area contributed by atoms with Crippen LogP contribution in [0.3, 0.4) is 0 Å². The summed E-state index contributed by atoms with van der Waals surface area (Å²) in [5.74, 6) is -0.322. The summed E-state index contributed by atoms with van der Waals surface area (Å²) in [6.07, 6.45) is 3.46. The monoisotopic (exact) mass is 564 g/mol. The predicted molar refractivity (Wildman–Crippen MR) is 152 cm³/mol. The van der Waals surface area contributed by atoms with Gasteiger partial charge in [-0.2, -0.15) is 5.10 Å². The van der Waals surface area contributed by atoms with E-state index in [0.29, 0.717) is 23.5 Å². The molecule has 11 heteroatoms. The number of carbonyl (C=O) groups is 2. The Morgan fingerprint density at radius 1 is 1.05 bits per heavy atom. The normalized spacial score (nSPS) is 15.1. The van der Waals surface area contributed by atoms with Gasteiger partial charge >= 0.3 is 0 Å². The fourth-order valence-corrected chi connectivity index (χ4v) is 5.48. The van der Waals surface area contributed by atoms with E-state index in [1.54, 1.807) is 60.7 Å². The van der Waals surface area contributed by atoms with Crippen LogP contribution in [0.2, 0.25) is 0 Å². The minimum atomic E-state index is -4.00. The lowest BCUT2D eigenvalue weighted by atomic mass is 10.2. The zero-order valence-corrected chi connectivity index (χ0v) is 23.0. The van der Waals surface area contributed by atoms with Gasteiger partial charge in [0, 0.05) is 13.2 Å². The van der Waals surface area contributed by atoms with Crippen molar-refractivity contribution >= 4 is 33.7 Å². The zero-order chi connectivity index (χ0) is 28.4. The number of hydrogen-bond donors (Lipinski definition) is 2. The van der Waals surface area contributed by atoms with Crippen molar-refractivity contribution < 1.29 is 27.5 Å². The Labute approximate surface area is 234 Å². The quantitative estimate of drug-likeness (QED) is 0.257. The summed E-state index contributed by atoms with van der Waals surface area (Å²) in [4.78, 5) is 24.8. The van der Waals surface area contributed by atoms with Crippen LogP contribution in [-0.4, -0.2) is 58.9 Å². The van der Waals surface area contributed by atoms with Gasteiger partial charge in [-0.3, -0.25) is 13.9 Å². The second-order valence-electron chi connectivity index (χ2n) is 9.25. The van der Waals surface area contributed by atoms with Crippen LogP contribution in [-0.2, 0) is 24.3 Å². The first-order valence-corrected chi connectivity index (χ1v) is 14.3. The minimum absolute atomic E-state index is 0.0712. The third-order valence-electron chi connectivity index (χ3n) is 6.11. The molecule has 0 spiro atoms. The van der Waals surface area contributed by atoms with Crippen LogP contribution >= 0.6 is 0 Å². The average Bonchev–Trinajstić information content (AvgIpc) is 3.49. The number of carbonyl (C=O) groups excluding carboxylic acids is 2. The van der Waals surface area contributed by atoms with Crippen molar-refractivity contribution in [3.05, 3.63) is 90.0 Å². The highest BCUT2D eigenvalue weighted by Crippen LogP contribution is 2.24. The smallest absolute Gasteiger partial charge is 0.264 e. The summed E-state index contributed by atoms with van der Waals surface area (Å²) < 4.78 is 38.8. The number of sulfonamides is 1. The molecule has 1 fully saturated rings. The highest BCUT2D eigenvalue weighted by molar-refractivity contribution is 7.92. The van der Waals surface area contributed by atoms with Gasteiger partial charge in [0.15, 0.2) is 6.61 Å². The van der Waals surface area contributed by atoms with Crippen LogP contribution in [0.15, 0.2) is 88.9 Å². The lowest BCUT2D eigenvalue weighted by Crippen LogP contribution is -2.39. The predicted octanol–water partition coefficient (Wildman–Crippen LogP) is 3.01. The van der Waals surface area contributed by atoms with Gasteiger partial charge in [-0.15, -0.1) is 0 Å². The van der Waals surface area contributed by atoms with Crippen molar-refractivity contribution in [2.75, 3.05) is 30.6 Å². The molecule has 3 aromatic carbocycles. The fraction of sp³-hybridized carbons (Fsp3) is 0.276. The van der Waals surface area contributed by atoms with Gasteiger partial charge in [0.2, 0.25) is 0 Å². The van der Waals surface area contributed by atoms with Crippen molar-refractivity contribution in [1.82, 2.24) is 10.7 Å². The number of ether oxygens (including phenoxy) is 2. The molecule has 1 atom stereocenters. The second kappa shape index (κ2) is 13.7. The Morgan fingerprint density at radius 3 is 2.52 bits per heavy atom. The number of hydrazone groups is 1. The van der Waals surface area contributed by atoms with Gasteiger partial charge in [0.25, 0.3) is 21.8 Å². The lowest BCUT2D eigenvalue weighted by molar-refractivity contribution is -0.123. The van der Waals surface area contributed by atoms with E-state index >= 15 is 0 Å². The Bertz CT molecular complexity index is 1420. The van der Waals surface area contributed by atoms with Crippen LogP contribution in [0.1, 0.15) is 24.0 Å². The molecule has 10 nitrogen and oxygen atoms in total. The maximum absolute atomic E-state index is 13.4. The first-order valence-electron chi connectivity index (χ1n) is 12.9. The molecule has 210 valence electrons. The molecule has 0 unspecified atom stereocenters. The van der Waals surface area contributed by atoms with Crippen LogP contribution < -0.4 is 19.8 Å². The summed E-state index contributed by atoms with van der Waals surface area (Å²) in [6.45, 7) is 2.49. The summed E-state index contributed by atoms with van der Waals surface area (Å²) in [7, 11) is -4.00. The number of anilines is 1. The topological polar surface area (TPSA) is 126 Å². The molecule has 0 aromatic heterocycles. The average molecular weight is 565 g/mol. The number of benzene rings is 3. The molecule has 0 bridgehead atoms. The number of hydrogen-bond acceptors (Lipinski definition) is 7. The van der Waals surface area contributed by atoms with E-state index in [-0.39, 0.29) is 23.5 Å². The Kier molecular flexibility index (Phi) is 9.87. The molecule has 1 heterocycles. The standard InChI is InChI=1S/C29H32N4O6S/c1-22-7-5-8-24(17-22)33(40(36,37)27-10-3-2-4-11-27)20-28(34)32-31-18-23-12-14-25(15-13-23)39-21-29(35)30-19-26-9-6-16-38-26/h2-5,7-8,10-15,17-18,26H,6,9,16,19-21H2,1H3,(H,30,35)(H,32,34)/b31-18-/t26-/m1/s1. The summed E-state index contributed by atoms with van der Waals surface area (Å²) in [6, 6.07) is 21.7. The van der Waals surface area contributed by atoms with Gasteiger partial charge < -0.3 is 14.8 Å². The van der Waals surface area contributed by atoms with Gasteiger partial charge in [-0.25, -0.2) is 13.8 Å². The van der Waals surface area contributed by atoms with Crippen LogP contribution in [0.25, 0.3) is 0 Å². The molecular weight excluding hydrogens is 532 g/mol. The van der Waals surface area contributed by atoms with Crippen molar-refractivity contribution in [3.8, 4) is 5.75 Å². The molecule has 1 aliphatic heterocycles. The maximum Gasteiger partial charge on any atom is 0.264 e. The molecule has 2 N–H and O–H groups in total. The molecule has 2 amide bonds. The van der Waals surface area contributed by atoms with Crippen molar-refractivity contribution in [2.45, 2.75) is 30.8 Å². The number of rotatable bonds is 12. The fourth-order valence-electron chi connectivity index (χ4n) is 4.05. The van der Waals surface area contributed by atoms with Gasteiger partial charge in [0.1, 0.15) is 12.3 Å². The first kappa shape index (κ1) is 28.8. The van der Waals surface area contributed by atoms with Crippen LogP contribution in [0.5, 0.6) is 5.75 Å². The number of aryl methyl sites for hydroxylation is 1. The van der Waals surface area contributed by atoms with E-state index in [1.807, 2.05) is 13.0 Å². The van der Waals surface area contributed by atoms with Gasteiger partial charge in [-0.1, -0.05) is 30.3 Å². The van der Waals surface area contributed by atoms with E-state index in [2.05, 4.69) is 15.8 Å². The van der Waals surface area contributed by atoms with Crippen LogP contribution in [0, 0.1) is 6.92 Å². The first-order chi connectivity index (χ1) is 19.3. The molecule has 3 aromatic rings. The molecule has 0 aliphatic carbocycles. The SMILES string of the molecule is Cc1cccc(N(CC(=O)N/N=C\c2ccc(OCC(=O)NC[C@H]3CCCO3)cc2)S(=O)(=O)c2ccccc2)c1. The Balaban J connectivity index is 1.31. The summed E-state index contributed by atoms with van der Waals surface area (Å²) in [5.41, 5.74) is 4.29. The maximum atomic E-state index is 13.4. The number of nitrogens with zero attached hydrogens (tertiary/aromatic N) is 2. The Morgan fingerprint density at radius 2 is 1.82 bits per heavy atom. The highest BCUT2D eigenvalue weighted by atomic mass is 32.2. The van der Waals surface area contributed by atoms with E-state index in [1.165, 1.54) is 18.3 Å². The van der Waals surface area contributed by atoms with E-state index in [0.717, 1.165) is 29.3 Å². The van der Waals surface area contributed by atoms with Crippen molar-refractivity contribution in [2.24, 2.45) is 5.10 Å². The Hall–Kier alpha value is -4.22. The van der Waals surface area contributed by atoms with E-state index < -0.39 is 22.5 Å². The minimum Gasteiger partial charge on any atom is -0.484 e. The largest absolute Gasteiger partial charge is 0.484 e. The number of nitrogens with one attached hydrogen (secondary N) is 2. The highest BCUT2D eigenvalue weighted by Gasteiger charge is 2.27. The van der Waals surface area contributed by atoms with Crippen molar-refractivity contribution in [3.63, 3.8) is 0 Å². The van der Waals surface area contributed by atoms with E-state index in [4.69, 9.17) is 9.47 Å². The van der Waals surface area contributed by atoms with Gasteiger partial charge in [-0.05, 0) is 79.4 Å². The van der Waals surface area contributed by atoms with Gasteiger partial charge in [0.05, 0.1) is 22.9 Å².